The number of hydrogen-bond acceptors (Lipinski definition) is 4. The van der Waals surface area contributed by atoms with Gasteiger partial charge in [-0.15, -0.1) is 0 Å². The summed E-state index contributed by atoms with van der Waals surface area (Å²) >= 11 is 0. The topological polar surface area (TPSA) is 95.9 Å². The van der Waals surface area contributed by atoms with Gasteiger partial charge >= 0.3 is 5.97 Å². The first-order valence-corrected chi connectivity index (χ1v) is 9.47. The molecule has 1 aliphatic heterocycles. The molecule has 152 valence electrons. The molecule has 0 bridgehead atoms. The molecule has 1 saturated heterocycles. The smallest absolute Gasteiger partial charge is 0.308 e. The number of nitrogens with one attached hydrogen (secondary N) is 1. The Kier molecular flexibility index (Phi) is 6.49. The Morgan fingerprint density at radius 2 is 1.86 bits per heavy atom. The zero-order chi connectivity index (χ0) is 20.8. The van der Waals surface area contributed by atoms with Gasteiger partial charge in [-0.3, -0.25) is 14.4 Å². The van der Waals surface area contributed by atoms with Crippen LogP contribution in [0.2, 0.25) is 0 Å². The first-order valence-electron chi connectivity index (χ1n) is 9.47. The van der Waals surface area contributed by atoms with E-state index in [2.05, 4.69) is 5.32 Å². The molecule has 1 heterocycles. The molecule has 7 nitrogen and oxygen atoms in total. The van der Waals surface area contributed by atoms with Crippen molar-refractivity contribution in [1.29, 1.82) is 0 Å². The van der Waals surface area contributed by atoms with Crippen LogP contribution in [-0.4, -0.2) is 43.1 Å². The second kappa shape index (κ2) is 9.23. The number of rotatable bonds is 8. The minimum atomic E-state index is -0.965. The van der Waals surface area contributed by atoms with Crippen LogP contribution >= 0.6 is 0 Å². The molecule has 0 spiro atoms. The van der Waals surface area contributed by atoms with Gasteiger partial charge < -0.3 is 20.1 Å². The van der Waals surface area contributed by atoms with Gasteiger partial charge in [0, 0.05) is 19.5 Å². The maximum Gasteiger partial charge on any atom is 0.308 e. The summed E-state index contributed by atoms with van der Waals surface area (Å²) in [4.78, 5) is 38.1. The van der Waals surface area contributed by atoms with Crippen LogP contribution in [0.4, 0.5) is 5.69 Å². The van der Waals surface area contributed by atoms with Crippen LogP contribution in [0.3, 0.4) is 0 Å². The van der Waals surface area contributed by atoms with Gasteiger partial charge in [0.1, 0.15) is 5.75 Å². The van der Waals surface area contributed by atoms with Crippen molar-refractivity contribution in [3.63, 3.8) is 0 Å². The minimum Gasteiger partial charge on any atom is -0.495 e. The number of carbonyl (C=O) groups is 3. The lowest BCUT2D eigenvalue weighted by Gasteiger charge is -2.19. The molecule has 0 aliphatic carbocycles. The van der Waals surface area contributed by atoms with Gasteiger partial charge in [-0.1, -0.05) is 42.5 Å². The molecule has 7 heteroatoms. The van der Waals surface area contributed by atoms with Crippen molar-refractivity contribution in [1.82, 2.24) is 5.32 Å². The van der Waals surface area contributed by atoms with E-state index in [1.54, 1.807) is 23.1 Å². The Labute approximate surface area is 169 Å². The lowest BCUT2D eigenvalue weighted by molar-refractivity contribution is -0.141. The Morgan fingerprint density at radius 3 is 2.55 bits per heavy atom. The fourth-order valence-corrected chi connectivity index (χ4v) is 3.48. The summed E-state index contributed by atoms with van der Waals surface area (Å²) in [5.74, 6) is -2.13. The molecule has 1 fully saturated rings. The van der Waals surface area contributed by atoms with E-state index in [0.717, 1.165) is 5.56 Å². The van der Waals surface area contributed by atoms with Gasteiger partial charge in [0.15, 0.2) is 0 Å². The molecule has 2 N–H and O–H groups in total. The summed E-state index contributed by atoms with van der Waals surface area (Å²) in [6, 6.07) is 16.4. The molecule has 2 aromatic rings. The number of amides is 2. The third kappa shape index (κ3) is 4.93. The second-order valence-corrected chi connectivity index (χ2v) is 7.05. The van der Waals surface area contributed by atoms with E-state index >= 15 is 0 Å². The van der Waals surface area contributed by atoms with E-state index in [1.165, 1.54) is 7.11 Å². The van der Waals surface area contributed by atoms with Gasteiger partial charge in [-0.2, -0.15) is 0 Å². The highest BCUT2D eigenvalue weighted by molar-refractivity contribution is 6.01. The number of carbonyl (C=O) groups excluding carboxylic acids is 2. The molecule has 2 aromatic carbocycles. The maximum atomic E-state index is 12.6. The number of nitrogens with zero attached hydrogens (tertiary/aromatic N) is 1. The Hall–Kier alpha value is -3.35. The fraction of sp³-hybridized carbons (Fsp3) is 0.318. The summed E-state index contributed by atoms with van der Waals surface area (Å²) in [5, 5.41) is 12.2. The normalized spacial score (nSPS) is 17.1. The van der Waals surface area contributed by atoms with Crippen LogP contribution in [0, 0.1) is 11.8 Å². The Bertz CT molecular complexity index is 884. The number of carboxylic acid groups (broad SMARTS) is 1. The Morgan fingerprint density at radius 1 is 1.17 bits per heavy atom. The Balaban J connectivity index is 1.60. The fourth-order valence-electron chi connectivity index (χ4n) is 3.48. The summed E-state index contributed by atoms with van der Waals surface area (Å²) in [6.07, 6.45) is 0.410. The van der Waals surface area contributed by atoms with Crippen LogP contribution in [0.5, 0.6) is 5.75 Å². The molecule has 29 heavy (non-hydrogen) atoms. The average Bonchev–Trinajstić information content (AvgIpc) is 3.13. The van der Waals surface area contributed by atoms with Crippen LogP contribution in [-0.2, 0) is 20.8 Å². The van der Waals surface area contributed by atoms with E-state index in [0.29, 0.717) is 17.9 Å². The van der Waals surface area contributed by atoms with Gasteiger partial charge in [-0.25, -0.2) is 0 Å². The predicted molar refractivity (Wildman–Crippen MR) is 108 cm³/mol. The van der Waals surface area contributed by atoms with E-state index < -0.39 is 17.8 Å². The van der Waals surface area contributed by atoms with Crippen LogP contribution in [0.1, 0.15) is 12.0 Å². The number of methoxy groups -OCH3 is 1. The van der Waals surface area contributed by atoms with Crippen molar-refractivity contribution in [3.05, 3.63) is 60.2 Å². The molecule has 0 unspecified atom stereocenters. The number of carboxylic acids is 1. The summed E-state index contributed by atoms with van der Waals surface area (Å²) in [6.45, 7) is 0.254. The number of benzene rings is 2. The average molecular weight is 396 g/mol. The standard InChI is InChI=1S/C22H24N2O5/c1-29-19-10-6-5-9-18(19)24-14-17(12-20(24)25)21(26)23-13-16(22(27)28)11-15-7-3-2-4-8-15/h2-10,16-17H,11-14H2,1H3,(H,23,26)(H,27,28)/t16-,17-/m0/s1. The van der Waals surface area contributed by atoms with Gasteiger partial charge in [0.25, 0.3) is 0 Å². The molecular weight excluding hydrogens is 372 g/mol. The maximum absolute atomic E-state index is 12.6. The van der Waals surface area contributed by atoms with E-state index in [4.69, 9.17) is 4.74 Å². The highest BCUT2D eigenvalue weighted by Crippen LogP contribution is 2.32. The molecule has 0 radical (unpaired) electrons. The first-order chi connectivity index (χ1) is 14.0. The molecular formula is C22H24N2O5. The lowest BCUT2D eigenvalue weighted by Crippen LogP contribution is -2.38. The highest BCUT2D eigenvalue weighted by atomic mass is 16.5. The minimum absolute atomic E-state index is 0.0163. The van der Waals surface area contributed by atoms with Gasteiger partial charge in [0.2, 0.25) is 11.8 Å². The monoisotopic (exact) mass is 396 g/mol. The third-order valence-electron chi connectivity index (χ3n) is 5.07. The molecule has 2 atom stereocenters. The van der Waals surface area contributed by atoms with E-state index in [9.17, 15) is 19.5 Å². The number of ether oxygens (including phenoxy) is 1. The van der Waals surface area contributed by atoms with Crippen LogP contribution < -0.4 is 15.0 Å². The number of hydrogen-bond donors (Lipinski definition) is 2. The summed E-state index contributed by atoms with van der Waals surface area (Å²) in [7, 11) is 1.53. The number of para-hydroxylation sites is 2. The summed E-state index contributed by atoms with van der Waals surface area (Å²) in [5.41, 5.74) is 1.52. The van der Waals surface area contributed by atoms with Crippen molar-refractivity contribution in [2.24, 2.45) is 11.8 Å². The molecule has 0 aromatic heterocycles. The van der Waals surface area contributed by atoms with E-state index in [-0.39, 0.29) is 31.3 Å². The van der Waals surface area contributed by atoms with Crippen molar-refractivity contribution in [2.75, 3.05) is 25.1 Å². The van der Waals surface area contributed by atoms with Crippen molar-refractivity contribution < 1.29 is 24.2 Å². The zero-order valence-corrected chi connectivity index (χ0v) is 16.2. The third-order valence-corrected chi connectivity index (χ3v) is 5.07. The van der Waals surface area contributed by atoms with Crippen molar-refractivity contribution in [3.8, 4) is 5.75 Å². The first kappa shape index (κ1) is 20.4. The predicted octanol–water partition coefficient (Wildman–Crippen LogP) is 2.11. The summed E-state index contributed by atoms with van der Waals surface area (Å²) < 4.78 is 5.30. The molecule has 0 saturated carbocycles. The zero-order valence-electron chi connectivity index (χ0n) is 16.2. The lowest BCUT2D eigenvalue weighted by atomic mass is 9.99. The number of anilines is 1. The molecule has 1 aliphatic rings. The van der Waals surface area contributed by atoms with Crippen molar-refractivity contribution in [2.45, 2.75) is 12.8 Å². The van der Waals surface area contributed by atoms with Crippen LogP contribution in [0.25, 0.3) is 0 Å². The SMILES string of the molecule is COc1ccccc1N1C[C@@H](C(=O)NC[C@H](Cc2ccccc2)C(=O)O)CC1=O. The van der Waals surface area contributed by atoms with Gasteiger partial charge in [0.05, 0.1) is 24.6 Å². The van der Waals surface area contributed by atoms with E-state index in [1.807, 2.05) is 36.4 Å². The number of aliphatic carboxylic acids is 1. The molecule has 3 rings (SSSR count). The van der Waals surface area contributed by atoms with Crippen LogP contribution in [0.15, 0.2) is 54.6 Å². The second-order valence-electron chi connectivity index (χ2n) is 7.05. The largest absolute Gasteiger partial charge is 0.495 e. The quantitative estimate of drug-likeness (QED) is 0.713. The molecule has 2 amide bonds. The highest BCUT2D eigenvalue weighted by Gasteiger charge is 2.36. The van der Waals surface area contributed by atoms with Gasteiger partial charge in [-0.05, 0) is 24.1 Å². The van der Waals surface area contributed by atoms with Crippen molar-refractivity contribution >= 4 is 23.5 Å².